The Balaban J connectivity index is 1.74. The van der Waals surface area contributed by atoms with Gasteiger partial charge in [0.2, 0.25) is 5.91 Å². The van der Waals surface area contributed by atoms with E-state index < -0.39 is 0 Å². The van der Waals surface area contributed by atoms with Gasteiger partial charge < -0.3 is 9.32 Å². The summed E-state index contributed by atoms with van der Waals surface area (Å²) in [6.07, 6.45) is 7.02. The zero-order chi connectivity index (χ0) is 14.7. The summed E-state index contributed by atoms with van der Waals surface area (Å²) >= 11 is 0. The second-order valence-corrected chi connectivity index (χ2v) is 5.45. The van der Waals surface area contributed by atoms with E-state index in [1.54, 1.807) is 18.4 Å². The molecule has 2 aromatic rings. The van der Waals surface area contributed by atoms with E-state index in [1.807, 2.05) is 17.0 Å². The van der Waals surface area contributed by atoms with Crippen LogP contribution < -0.4 is 0 Å². The van der Waals surface area contributed by atoms with Gasteiger partial charge in [-0.05, 0) is 43.5 Å². The zero-order valence-electron chi connectivity index (χ0n) is 12.2. The lowest BCUT2D eigenvalue weighted by atomic mass is 10.0. The normalized spacial score (nSPS) is 18.5. The van der Waals surface area contributed by atoms with Gasteiger partial charge in [0, 0.05) is 12.6 Å². The Morgan fingerprint density at radius 1 is 1.29 bits per heavy atom. The van der Waals surface area contributed by atoms with Gasteiger partial charge in [0.1, 0.15) is 5.76 Å². The van der Waals surface area contributed by atoms with Gasteiger partial charge in [0.15, 0.2) is 0 Å². The van der Waals surface area contributed by atoms with Crippen molar-refractivity contribution in [2.75, 3.05) is 6.54 Å². The summed E-state index contributed by atoms with van der Waals surface area (Å²) in [5.41, 5.74) is 2.46. The summed E-state index contributed by atoms with van der Waals surface area (Å²) in [6.45, 7) is 2.90. The number of furan rings is 1. The van der Waals surface area contributed by atoms with Crippen LogP contribution in [0.15, 0.2) is 53.2 Å². The highest BCUT2D eigenvalue weighted by atomic mass is 16.3. The fourth-order valence-corrected chi connectivity index (χ4v) is 2.80. The van der Waals surface area contributed by atoms with Crippen LogP contribution in [0, 0.1) is 6.92 Å². The molecular formula is C18H19NO2. The molecule has 3 heteroatoms. The van der Waals surface area contributed by atoms with Crippen LogP contribution in [0.2, 0.25) is 0 Å². The molecule has 1 atom stereocenters. The number of benzene rings is 1. The molecular weight excluding hydrogens is 262 g/mol. The van der Waals surface area contributed by atoms with Crippen molar-refractivity contribution in [2.45, 2.75) is 25.8 Å². The van der Waals surface area contributed by atoms with E-state index in [4.69, 9.17) is 4.42 Å². The summed E-state index contributed by atoms with van der Waals surface area (Å²) in [5.74, 6) is 0.754. The molecule has 0 radical (unpaired) electrons. The second-order valence-electron chi connectivity index (χ2n) is 5.45. The second kappa shape index (κ2) is 6.00. The van der Waals surface area contributed by atoms with E-state index in [0.29, 0.717) is 5.76 Å². The molecule has 1 aliphatic rings. The molecule has 0 spiro atoms. The van der Waals surface area contributed by atoms with Crippen molar-refractivity contribution in [3.8, 4) is 0 Å². The van der Waals surface area contributed by atoms with Crippen LogP contribution in [0.25, 0.3) is 6.08 Å². The number of carbonyl (C=O) groups is 1. The number of aryl methyl sites for hydroxylation is 1. The van der Waals surface area contributed by atoms with E-state index in [9.17, 15) is 4.79 Å². The highest BCUT2D eigenvalue weighted by Crippen LogP contribution is 2.32. The number of likely N-dealkylation sites (tertiary alicyclic amines) is 1. The molecule has 1 aromatic heterocycles. The molecule has 1 saturated heterocycles. The zero-order valence-corrected chi connectivity index (χ0v) is 12.2. The van der Waals surface area contributed by atoms with Gasteiger partial charge in [-0.1, -0.05) is 29.8 Å². The first-order chi connectivity index (χ1) is 10.2. The lowest BCUT2D eigenvalue weighted by Crippen LogP contribution is -2.28. The maximum atomic E-state index is 12.4. The summed E-state index contributed by atoms with van der Waals surface area (Å²) in [4.78, 5) is 14.3. The smallest absolute Gasteiger partial charge is 0.247 e. The summed E-state index contributed by atoms with van der Waals surface area (Å²) in [5, 5.41) is 0. The van der Waals surface area contributed by atoms with Crippen molar-refractivity contribution in [3.63, 3.8) is 0 Å². The third-order valence-electron chi connectivity index (χ3n) is 3.93. The SMILES string of the molecule is Cc1ccc(C2CCCN2C(=O)/C=C/c2ccco2)cc1. The molecule has 108 valence electrons. The molecule has 3 rings (SSSR count). The number of carbonyl (C=O) groups excluding carboxylic acids is 1. The largest absolute Gasteiger partial charge is 0.465 e. The Labute approximate surface area is 124 Å². The molecule has 0 saturated carbocycles. The molecule has 0 aliphatic carbocycles. The Hall–Kier alpha value is -2.29. The van der Waals surface area contributed by atoms with E-state index >= 15 is 0 Å². The number of amides is 1. The quantitative estimate of drug-likeness (QED) is 0.798. The van der Waals surface area contributed by atoms with Crippen molar-refractivity contribution < 1.29 is 9.21 Å². The highest BCUT2D eigenvalue weighted by molar-refractivity contribution is 5.91. The monoisotopic (exact) mass is 281 g/mol. The Morgan fingerprint density at radius 3 is 2.81 bits per heavy atom. The standard InChI is InChI=1S/C18H19NO2/c1-14-6-8-15(9-7-14)17-5-2-12-19(17)18(20)11-10-16-4-3-13-21-16/h3-4,6-11,13,17H,2,5,12H2,1H3/b11-10+. The summed E-state index contributed by atoms with van der Waals surface area (Å²) in [6, 6.07) is 12.3. The predicted octanol–water partition coefficient (Wildman–Crippen LogP) is 3.96. The number of rotatable bonds is 3. The molecule has 0 N–H and O–H groups in total. The van der Waals surface area contributed by atoms with Crippen LogP contribution >= 0.6 is 0 Å². The number of hydrogen-bond donors (Lipinski definition) is 0. The molecule has 1 aliphatic heterocycles. The Morgan fingerprint density at radius 2 is 2.10 bits per heavy atom. The topological polar surface area (TPSA) is 33.5 Å². The lowest BCUT2D eigenvalue weighted by Gasteiger charge is -2.24. The van der Waals surface area contributed by atoms with E-state index in [2.05, 4.69) is 31.2 Å². The van der Waals surface area contributed by atoms with Gasteiger partial charge >= 0.3 is 0 Å². The maximum absolute atomic E-state index is 12.4. The third-order valence-corrected chi connectivity index (χ3v) is 3.93. The van der Waals surface area contributed by atoms with E-state index in [0.717, 1.165) is 19.4 Å². The molecule has 1 fully saturated rings. The van der Waals surface area contributed by atoms with Crippen LogP contribution in [0.3, 0.4) is 0 Å². The van der Waals surface area contributed by atoms with Gasteiger partial charge in [-0.25, -0.2) is 0 Å². The predicted molar refractivity (Wildman–Crippen MR) is 82.6 cm³/mol. The van der Waals surface area contributed by atoms with Crippen LogP contribution in [-0.2, 0) is 4.79 Å². The first kappa shape index (κ1) is 13.7. The van der Waals surface area contributed by atoms with Crippen molar-refractivity contribution in [3.05, 3.63) is 65.6 Å². The van der Waals surface area contributed by atoms with Crippen molar-refractivity contribution >= 4 is 12.0 Å². The Bertz CT molecular complexity index is 626. The maximum Gasteiger partial charge on any atom is 0.247 e. The fraction of sp³-hybridized carbons (Fsp3) is 0.278. The van der Waals surface area contributed by atoms with E-state index in [1.165, 1.54) is 11.1 Å². The molecule has 2 heterocycles. The van der Waals surface area contributed by atoms with Crippen molar-refractivity contribution in [1.29, 1.82) is 0 Å². The van der Waals surface area contributed by atoms with Crippen LogP contribution in [0.4, 0.5) is 0 Å². The minimum Gasteiger partial charge on any atom is -0.465 e. The van der Waals surface area contributed by atoms with Crippen LogP contribution in [0.5, 0.6) is 0 Å². The molecule has 1 unspecified atom stereocenters. The average Bonchev–Trinajstić information content (AvgIpc) is 3.17. The molecule has 1 aromatic carbocycles. The molecule has 3 nitrogen and oxygen atoms in total. The van der Waals surface area contributed by atoms with Crippen LogP contribution in [-0.4, -0.2) is 17.4 Å². The van der Waals surface area contributed by atoms with Crippen LogP contribution in [0.1, 0.15) is 35.8 Å². The van der Waals surface area contributed by atoms with E-state index in [-0.39, 0.29) is 11.9 Å². The number of hydrogen-bond acceptors (Lipinski definition) is 2. The first-order valence-corrected chi connectivity index (χ1v) is 7.33. The molecule has 0 bridgehead atoms. The van der Waals surface area contributed by atoms with Gasteiger partial charge in [-0.3, -0.25) is 4.79 Å². The van der Waals surface area contributed by atoms with Gasteiger partial charge in [0.25, 0.3) is 0 Å². The lowest BCUT2D eigenvalue weighted by molar-refractivity contribution is -0.126. The number of nitrogens with zero attached hydrogens (tertiary/aromatic N) is 1. The average molecular weight is 281 g/mol. The minimum atomic E-state index is 0.0504. The van der Waals surface area contributed by atoms with Crippen molar-refractivity contribution in [2.24, 2.45) is 0 Å². The third kappa shape index (κ3) is 3.07. The first-order valence-electron chi connectivity index (χ1n) is 7.33. The highest BCUT2D eigenvalue weighted by Gasteiger charge is 2.28. The summed E-state index contributed by atoms with van der Waals surface area (Å²) in [7, 11) is 0. The van der Waals surface area contributed by atoms with Crippen molar-refractivity contribution in [1.82, 2.24) is 4.90 Å². The minimum absolute atomic E-state index is 0.0504. The molecule has 1 amide bonds. The van der Waals surface area contributed by atoms with Gasteiger partial charge in [-0.15, -0.1) is 0 Å². The van der Waals surface area contributed by atoms with Gasteiger partial charge in [-0.2, -0.15) is 0 Å². The fourth-order valence-electron chi connectivity index (χ4n) is 2.80. The Kier molecular flexibility index (Phi) is 3.91. The summed E-state index contributed by atoms with van der Waals surface area (Å²) < 4.78 is 5.21. The molecule has 21 heavy (non-hydrogen) atoms. The van der Waals surface area contributed by atoms with Gasteiger partial charge in [0.05, 0.1) is 12.3 Å².